The average Bonchev–Trinajstić information content (AvgIpc) is 3.05. The summed E-state index contributed by atoms with van der Waals surface area (Å²) in [4.78, 5) is 23.4. The Labute approximate surface area is 214 Å². The summed E-state index contributed by atoms with van der Waals surface area (Å²) in [6.45, 7) is 7.46. The molecule has 1 heterocycles. The van der Waals surface area contributed by atoms with E-state index in [0.717, 1.165) is 0 Å². The quantitative estimate of drug-likeness (QED) is 0.365. The Balaban J connectivity index is 0.00000544. The van der Waals surface area contributed by atoms with Crippen molar-refractivity contribution >= 4 is 18.0 Å². The number of aliphatic carboxylic acids is 1. The number of hydrogen-bond acceptors (Lipinski definition) is 6. The van der Waals surface area contributed by atoms with E-state index < -0.39 is 30.4 Å². The zero-order valence-corrected chi connectivity index (χ0v) is 21.6. The van der Waals surface area contributed by atoms with Crippen molar-refractivity contribution in [2.24, 2.45) is 0 Å². The summed E-state index contributed by atoms with van der Waals surface area (Å²) >= 11 is 0. The molecule has 0 aliphatic carbocycles. The van der Waals surface area contributed by atoms with Crippen LogP contribution < -0.4 is 40.0 Å². The Kier molecular flexibility index (Phi) is 11.4. The van der Waals surface area contributed by atoms with Gasteiger partial charge >= 0.3 is 29.6 Å². The van der Waals surface area contributed by atoms with Crippen molar-refractivity contribution in [2.75, 3.05) is 0 Å². The van der Waals surface area contributed by atoms with E-state index >= 15 is 0 Å². The fourth-order valence-electron chi connectivity index (χ4n) is 3.29. The second kappa shape index (κ2) is 13.0. The summed E-state index contributed by atoms with van der Waals surface area (Å²) in [5, 5.41) is 37.9. The Hall–Kier alpha value is -2.04. The van der Waals surface area contributed by atoms with Crippen molar-refractivity contribution in [2.45, 2.75) is 64.7 Å². The van der Waals surface area contributed by atoms with Gasteiger partial charge in [0.05, 0.1) is 23.6 Å². The Morgan fingerprint density at radius 3 is 2.30 bits per heavy atom. The predicted molar refractivity (Wildman–Crippen MR) is 116 cm³/mol. The molecule has 0 unspecified atom stereocenters. The number of amides is 1. The van der Waals surface area contributed by atoms with E-state index in [0.29, 0.717) is 16.9 Å². The monoisotopic (exact) mass is 469 g/mol. The topological polar surface area (TPSA) is 128 Å². The van der Waals surface area contributed by atoms with E-state index in [1.807, 2.05) is 27.7 Å². The van der Waals surface area contributed by atoms with E-state index in [1.54, 1.807) is 6.08 Å². The number of carbonyl (C=O) groups excluding carboxylic acids is 2. The van der Waals surface area contributed by atoms with Crippen LogP contribution in [0.15, 0.2) is 30.3 Å². The van der Waals surface area contributed by atoms with Crippen LogP contribution in [0.25, 0.3) is 11.8 Å². The van der Waals surface area contributed by atoms with E-state index in [9.17, 15) is 29.3 Å². The summed E-state index contributed by atoms with van der Waals surface area (Å²) in [5.74, 6) is -2.30. The third-order valence-corrected chi connectivity index (χ3v) is 4.63. The number of nitrogens with zero attached hydrogens (tertiary/aromatic N) is 2. The van der Waals surface area contributed by atoms with Gasteiger partial charge in [-0.25, -0.2) is 9.07 Å². The molecule has 8 nitrogen and oxygen atoms in total. The smallest absolute Gasteiger partial charge is 0.550 e. The third kappa shape index (κ3) is 8.35. The van der Waals surface area contributed by atoms with Crippen LogP contribution >= 0.6 is 0 Å². The summed E-state index contributed by atoms with van der Waals surface area (Å²) in [6.07, 6.45) is -0.241. The summed E-state index contributed by atoms with van der Waals surface area (Å²) < 4.78 is 14.9. The third-order valence-electron chi connectivity index (χ3n) is 4.63. The number of rotatable bonds is 10. The fourth-order valence-corrected chi connectivity index (χ4v) is 3.29. The Morgan fingerprint density at radius 1 is 1.18 bits per heavy atom. The molecule has 0 aliphatic rings. The largest absolute Gasteiger partial charge is 1.00 e. The number of nitrogens with one attached hydrogen (secondary N) is 1. The van der Waals surface area contributed by atoms with Crippen molar-refractivity contribution in [1.29, 1.82) is 0 Å². The standard InChI is InChI=1S/C23H30FN3O5.Na/c1-13(2)21-19(10-9-17(28)11-18(29)12-20(30)31)27(16-7-5-15(24)6-8-16)26-22(21)23(32)25-14(3)4;/h5-10,13-14,17-18,28-29H,11-12H2,1-4H3,(H,25,32)(H,30,31);/q;+1/p-1/b10-9+;/t17-,18-;/m1./s1. The van der Waals surface area contributed by atoms with Crippen LogP contribution in [0.4, 0.5) is 4.39 Å². The second-order valence-electron chi connectivity index (χ2n) is 8.21. The summed E-state index contributed by atoms with van der Waals surface area (Å²) in [6, 6.07) is 5.49. The van der Waals surface area contributed by atoms with Gasteiger partial charge in [0.2, 0.25) is 0 Å². The molecule has 1 amide bonds. The van der Waals surface area contributed by atoms with Crippen LogP contribution in [-0.4, -0.2) is 50.1 Å². The molecule has 0 radical (unpaired) electrons. The van der Waals surface area contributed by atoms with Gasteiger partial charge in [-0.1, -0.05) is 19.9 Å². The van der Waals surface area contributed by atoms with E-state index in [2.05, 4.69) is 10.4 Å². The maximum Gasteiger partial charge on any atom is 1.00 e. The number of hydrogen-bond donors (Lipinski definition) is 3. The molecule has 33 heavy (non-hydrogen) atoms. The Morgan fingerprint density at radius 2 is 1.79 bits per heavy atom. The number of benzene rings is 1. The molecule has 2 aromatic rings. The molecule has 0 saturated heterocycles. The van der Waals surface area contributed by atoms with E-state index in [4.69, 9.17) is 0 Å². The zero-order chi connectivity index (χ0) is 24.0. The minimum Gasteiger partial charge on any atom is -0.550 e. The van der Waals surface area contributed by atoms with Crippen LogP contribution in [-0.2, 0) is 4.79 Å². The molecule has 10 heteroatoms. The van der Waals surface area contributed by atoms with Crippen molar-refractivity contribution in [1.82, 2.24) is 15.1 Å². The normalized spacial score (nSPS) is 13.2. The fraction of sp³-hybridized carbons (Fsp3) is 0.435. The Bertz CT molecular complexity index is 973. The molecule has 3 N–H and O–H groups in total. The van der Waals surface area contributed by atoms with Gasteiger partial charge in [0.1, 0.15) is 5.82 Å². The predicted octanol–water partition coefficient (Wildman–Crippen LogP) is -1.46. The first-order chi connectivity index (χ1) is 15.0. The number of carbonyl (C=O) groups is 2. The number of aliphatic hydroxyl groups is 2. The van der Waals surface area contributed by atoms with Crippen molar-refractivity contribution in [3.05, 3.63) is 53.1 Å². The first-order valence-electron chi connectivity index (χ1n) is 10.4. The zero-order valence-electron chi connectivity index (χ0n) is 19.6. The maximum absolute atomic E-state index is 13.4. The summed E-state index contributed by atoms with van der Waals surface area (Å²) in [7, 11) is 0. The average molecular weight is 469 g/mol. The molecule has 0 spiro atoms. The minimum atomic E-state index is -1.41. The van der Waals surface area contributed by atoms with Gasteiger partial charge in [-0.15, -0.1) is 0 Å². The molecule has 2 rings (SSSR count). The van der Waals surface area contributed by atoms with Crippen LogP contribution in [0.5, 0.6) is 0 Å². The van der Waals surface area contributed by atoms with Crippen LogP contribution in [0.2, 0.25) is 0 Å². The molecule has 2 atom stereocenters. The number of carboxylic acid groups (broad SMARTS) is 1. The van der Waals surface area contributed by atoms with Gasteiger partial charge in [0, 0.05) is 30.4 Å². The van der Waals surface area contributed by atoms with Crippen LogP contribution in [0.3, 0.4) is 0 Å². The van der Waals surface area contributed by atoms with Gasteiger partial charge in [0.25, 0.3) is 5.91 Å². The number of aromatic nitrogens is 2. The van der Waals surface area contributed by atoms with Crippen LogP contribution in [0, 0.1) is 5.82 Å². The molecule has 0 aliphatic heterocycles. The van der Waals surface area contributed by atoms with Crippen LogP contribution in [0.1, 0.15) is 68.2 Å². The first kappa shape index (κ1) is 29.0. The van der Waals surface area contributed by atoms with Gasteiger partial charge in [-0.3, -0.25) is 4.79 Å². The molecule has 0 saturated carbocycles. The molecule has 174 valence electrons. The van der Waals surface area contributed by atoms with Gasteiger partial charge in [0.15, 0.2) is 5.69 Å². The number of aliphatic hydroxyl groups excluding tert-OH is 2. The second-order valence-corrected chi connectivity index (χ2v) is 8.21. The van der Waals surface area contributed by atoms with Gasteiger partial charge in [-0.05, 0) is 50.1 Å². The molecule has 0 bridgehead atoms. The SMILES string of the molecule is CC(C)NC(=O)c1nn(-c2ccc(F)cc2)c(/C=C/[C@@H](O)C[C@@H](O)CC(=O)[O-])c1C(C)C.[Na+]. The van der Waals surface area contributed by atoms with Crippen molar-refractivity contribution in [3.63, 3.8) is 0 Å². The molecule has 0 fully saturated rings. The molecule has 1 aromatic carbocycles. The number of carboxylic acids is 1. The summed E-state index contributed by atoms with van der Waals surface area (Å²) in [5.41, 5.74) is 1.87. The van der Waals surface area contributed by atoms with Gasteiger partial charge in [-0.2, -0.15) is 5.10 Å². The minimum absolute atomic E-state index is 0. The molecular weight excluding hydrogens is 440 g/mol. The first-order valence-corrected chi connectivity index (χ1v) is 10.4. The van der Waals surface area contributed by atoms with E-state index in [-0.39, 0.29) is 59.5 Å². The van der Waals surface area contributed by atoms with Crippen molar-refractivity contribution in [3.8, 4) is 5.69 Å². The van der Waals surface area contributed by atoms with Gasteiger partial charge < -0.3 is 25.4 Å². The van der Waals surface area contributed by atoms with Crippen molar-refractivity contribution < 1.29 is 58.9 Å². The number of halogens is 1. The van der Waals surface area contributed by atoms with E-state index in [1.165, 1.54) is 35.0 Å². The molecular formula is C23H29FN3NaO5. The maximum atomic E-state index is 13.4. The molecule has 1 aromatic heterocycles.